The molecule has 0 unspecified atom stereocenters. The maximum Gasteiger partial charge on any atom is 0.159 e. The van der Waals surface area contributed by atoms with E-state index in [-0.39, 0.29) is 12.0 Å². The lowest BCUT2D eigenvalue weighted by atomic mass is 9.98. The van der Waals surface area contributed by atoms with Gasteiger partial charge in [-0.1, -0.05) is 12.1 Å². The van der Waals surface area contributed by atoms with Gasteiger partial charge >= 0.3 is 0 Å². The molecule has 0 saturated carbocycles. The number of hydrogen-bond acceptors (Lipinski definition) is 2. The summed E-state index contributed by atoms with van der Waals surface area (Å²) in [4.78, 5) is 0. The normalized spacial score (nSPS) is 12.1. The molecule has 3 aromatic rings. The van der Waals surface area contributed by atoms with Crippen molar-refractivity contribution < 1.29 is 22.3 Å². The Kier molecular flexibility index (Phi) is 7.34. The summed E-state index contributed by atoms with van der Waals surface area (Å²) >= 11 is 6.24. The molecule has 30 heavy (non-hydrogen) atoms. The number of ether oxygens (including phenoxy) is 1. The molecule has 0 bridgehead atoms. The predicted molar refractivity (Wildman–Crippen MR) is 111 cm³/mol. The highest BCUT2D eigenvalue weighted by Gasteiger charge is 2.12. The molecule has 3 rings (SSSR count). The Labute approximate surface area is 177 Å². The van der Waals surface area contributed by atoms with Gasteiger partial charge in [0.1, 0.15) is 12.4 Å². The van der Waals surface area contributed by atoms with Crippen LogP contribution < -0.4 is 10.5 Å². The summed E-state index contributed by atoms with van der Waals surface area (Å²) in [6.07, 6.45) is 1.43. The second kappa shape index (κ2) is 9.96. The summed E-state index contributed by atoms with van der Waals surface area (Å²) in [5, 5.41) is -0.257. The first-order valence-corrected chi connectivity index (χ1v) is 9.84. The molecule has 0 aliphatic heterocycles. The molecular formula is C23H20ClF4NO. The van der Waals surface area contributed by atoms with E-state index < -0.39 is 23.3 Å². The van der Waals surface area contributed by atoms with E-state index in [1.54, 1.807) is 18.2 Å². The van der Waals surface area contributed by atoms with Crippen LogP contribution in [-0.4, -0.2) is 18.5 Å². The summed E-state index contributed by atoms with van der Waals surface area (Å²) in [7, 11) is 0. The minimum Gasteiger partial charge on any atom is -0.492 e. The molecule has 0 aliphatic carbocycles. The molecule has 0 spiro atoms. The Morgan fingerprint density at radius 3 is 1.73 bits per heavy atom. The number of alkyl halides is 1. The Bertz CT molecular complexity index is 958. The van der Waals surface area contributed by atoms with Gasteiger partial charge in [0.05, 0.1) is 5.38 Å². The molecule has 0 saturated heterocycles. The molecule has 2 nitrogen and oxygen atoms in total. The van der Waals surface area contributed by atoms with Gasteiger partial charge < -0.3 is 10.5 Å². The second-order valence-electron chi connectivity index (χ2n) is 6.84. The first-order valence-electron chi connectivity index (χ1n) is 9.40. The molecule has 0 aromatic heterocycles. The Morgan fingerprint density at radius 1 is 0.733 bits per heavy atom. The fourth-order valence-corrected chi connectivity index (χ4v) is 3.19. The van der Waals surface area contributed by atoms with Crippen LogP contribution in [0.25, 0.3) is 22.3 Å². The first-order chi connectivity index (χ1) is 14.4. The zero-order valence-electron chi connectivity index (χ0n) is 16.0. The Morgan fingerprint density at radius 2 is 1.27 bits per heavy atom. The van der Waals surface area contributed by atoms with E-state index in [0.29, 0.717) is 41.0 Å². The van der Waals surface area contributed by atoms with E-state index in [2.05, 4.69) is 0 Å². The summed E-state index contributed by atoms with van der Waals surface area (Å²) in [5.41, 5.74) is 7.36. The Balaban J connectivity index is 1.98. The monoisotopic (exact) mass is 437 g/mol. The van der Waals surface area contributed by atoms with E-state index in [1.807, 2.05) is 0 Å². The summed E-state index contributed by atoms with van der Waals surface area (Å²) in [5.74, 6) is -3.49. The maximum atomic E-state index is 13.7. The van der Waals surface area contributed by atoms with Crippen LogP contribution in [0.15, 0.2) is 54.6 Å². The van der Waals surface area contributed by atoms with Crippen LogP contribution in [0.3, 0.4) is 0 Å². The van der Waals surface area contributed by atoms with Crippen molar-refractivity contribution in [1.82, 2.24) is 0 Å². The van der Waals surface area contributed by atoms with Crippen LogP contribution >= 0.6 is 11.6 Å². The van der Waals surface area contributed by atoms with E-state index >= 15 is 0 Å². The third kappa shape index (κ3) is 5.52. The van der Waals surface area contributed by atoms with Gasteiger partial charge in [-0.15, -0.1) is 11.6 Å². The zero-order chi connectivity index (χ0) is 21.7. The third-order valence-corrected chi connectivity index (χ3v) is 4.91. The molecular weight excluding hydrogens is 418 g/mol. The lowest BCUT2D eigenvalue weighted by Crippen LogP contribution is -2.13. The molecule has 0 amide bonds. The van der Waals surface area contributed by atoms with Gasteiger partial charge in [0.15, 0.2) is 23.3 Å². The number of nitrogens with two attached hydrogens (primary N) is 1. The van der Waals surface area contributed by atoms with Crippen LogP contribution in [0.1, 0.15) is 12.8 Å². The molecule has 7 heteroatoms. The van der Waals surface area contributed by atoms with E-state index in [1.165, 1.54) is 12.1 Å². The van der Waals surface area contributed by atoms with Crippen LogP contribution in [0.4, 0.5) is 17.6 Å². The van der Waals surface area contributed by atoms with Crippen LogP contribution in [-0.2, 0) is 0 Å². The highest BCUT2D eigenvalue weighted by atomic mass is 35.5. The quantitative estimate of drug-likeness (QED) is 0.331. The minimum atomic E-state index is -0.990. The molecule has 2 N–H and O–H groups in total. The van der Waals surface area contributed by atoms with Crippen molar-refractivity contribution in [3.8, 4) is 28.0 Å². The molecule has 3 aromatic carbocycles. The SMILES string of the molecule is NCCC[C@@H](Cl)COc1cc(-c2ccc(F)c(F)c2)cc(-c2ccc(F)c(F)c2)c1. The van der Waals surface area contributed by atoms with Crippen molar-refractivity contribution in [2.45, 2.75) is 18.2 Å². The number of benzene rings is 3. The molecule has 0 heterocycles. The standard InChI is InChI=1S/C23H20ClF4NO/c24-18(2-1-7-29)13-30-19-9-16(14-3-5-20(25)22(27)11-14)8-17(10-19)15-4-6-21(26)23(28)12-15/h3-6,8-12,18H,1-2,7,13,29H2/t18-/m1/s1. The second-order valence-corrected chi connectivity index (χ2v) is 7.46. The van der Waals surface area contributed by atoms with Gasteiger partial charge in [-0.05, 0) is 84.1 Å². The fourth-order valence-electron chi connectivity index (χ4n) is 2.98. The van der Waals surface area contributed by atoms with Crippen LogP contribution in [0.5, 0.6) is 5.75 Å². The largest absolute Gasteiger partial charge is 0.492 e. The topological polar surface area (TPSA) is 35.2 Å². The number of rotatable bonds is 8. The van der Waals surface area contributed by atoms with E-state index in [9.17, 15) is 17.6 Å². The van der Waals surface area contributed by atoms with Gasteiger partial charge in [-0.2, -0.15) is 0 Å². The predicted octanol–water partition coefficient (Wildman–Crippen LogP) is 6.30. The van der Waals surface area contributed by atoms with Gasteiger partial charge in [-0.25, -0.2) is 17.6 Å². The third-order valence-electron chi connectivity index (χ3n) is 4.56. The zero-order valence-corrected chi connectivity index (χ0v) is 16.7. The van der Waals surface area contributed by atoms with Crippen LogP contribution in [0.2, 0.25) is 0 Å². The lowest BCUT2D eigenvalue weighted by molar-refractivity contribution is 0.309. The number of hydrogen-bond donors (Lipinski definition) is 1. The lowest BCUT2D eigenvalue weighted by Gasteiger charge is -2.14. The van der Waals surface area contributed by atoms with Crippen molar-refractivity contribution in [3.63, 3.8) is 0 Å². The molecule has 0 radical (unpaired) electrons. The van der Waals surface area contributed by atoms with Gasteiger partial charge in [0.25, 0.3) is 0 Å². The van der Waals surface area contributed by atoms with Crippen LogP contribution in [0, 0.1) is 23.3 Å². The van der Waals surface area contributed by atoms with Gasteiger partial charge in [0, 0.05) is 0 Å². The highest BCUT2D eigenvalue weighted by Crippen LogP contribution is 2.33. The Hall–Kier alpha value is -2.57. The summed E-state index contributed by atoms with van der Waals surface area (Å²) < 4.78 is 59.9. The van der Waals surface area contributed by atoms with Crippen molar-refractivity contribution in [1.29, 1.82) is 0 Å². The smallest absolute Gasteiger partial charge is 0.159 e. The van der Waals surface area contributed by atoms with Gasteiger partial charge in [0.2, 0.25) is 0 Å². The maximum absolute atomic E-state index is 13.7. The minimum absolute atomic E-state index is 0.208. The van der Waals surface area contributed by atoms with Crippen molar-refractivity contribution in [2.75, 3.05) is 13.2 Å². The van der Waals surface area contributed by atoms with Crippen molar-refractivity contribution >= 4 is 11.6 Å². The highest BCUT2D eigenvalue weighted by molar-refractivity contribution is 6.20. The molecule has 0 fully saturated rings. The fraction of sp³-hybridized carbons (Fsp3) is 0.217. The van der Waals surface area contributed by atoms with Crippen molar-refractivity contribution in [3.05, 3.63) is 77.9 Å². The first kappa shape index (κ1) is 22.1. The van der Waals surface area contributed by atoms with E-state index in [0.717, 1.165) is 30.7 Å². The van der Waals surface area contributed by atoms with Crippen molar-refractivity contribution in [2.24, 2.45) is 5.73 Å². The molecule has 1 atom stereocenters. The van der Waals surface area contributed by atoms with E-state index in [4.69, 9.17) is 22.1 Å². The number of halogens is 5. The molecule has 0 aliphatic rings. The average Bonchev–Trinajstić information content (AvgIpc) is 2.74. The molecule has 158 valence electrons. The van der Waals surface area contributed by atoms with Gasteiger partial charge in [-0.3, -0.25) is 0 Å². The summed E-state index contributed by atoms with van der Waals surface area (Å²) in [6.45, 7) is 0.731. The average molecular weight is 438 g/mol. The summed E-state index contributed by atoms with van der Waals surface area (Å²) in [6, 6.07) is 12.0.